The van der Waals surface area contributed by atoms with Crippen LogP contribution in [0.1, 0.15) is 57.6 Å². The summed E-state index contributed by atoms with van der Waals surface area (Å²) in [7, 11) is 0. The topological polar surface area (TPSA) is 21.3 Å². The number of ether oxygens (including phenoxy) is 1. The molecule has 0 heterocycles. The molecule has 0 amide bonds. The molecule has 0 radical (unpaired) electrons. The first-order valence-electron chi connectivity index (χ1n) is 7.81. The van der Waals surface area contributed by atoms with Crippen LogP contribution in [-0.4, -0.2) is 17.7 Å². The summed E-state index contributed by atoms with van der Waals surface area (Å²) < 4.78 is 6.42. The maximum absolute atomic E-state index is 6.42. The van der Waals surface area contributed by atoms with Gasteiger partial charge in [0.2, 0.25) is 0 Å². The Labute approximate surface area is 123 Å². The summed E-state index contributed by atoms with van der Waals surface area (Å²) in [4.78, 5) is 0. The van der Waals surface area contributed by atoms with Gasteiger partial charge in [-0.2, -0.15) is 0 Å². The Kier molecular flexibility index (Phi) is 4.43. The van der Waals surface area contributed by atoms with E-state index in [1.54, 1.807) is 0 Å². The number of hydrogen-bond acceptors (Lipinski definition) is 2. The Hall–Kier alpha value is -1.02. The van der Waals surface area contributed by atoms with Gasteiger partial charge < -0.3 is 10.1 Å². The summed E-state index contributed by atoms with van der Waals surface area (Å²) in [5, 5.41) is 3.58. The number of rotatable bonds is 5. The fourth-order valence-corrected chi connectivity index (χ4v) is 2.69. The average molecular weight is 275 g/mol. The Morgan fingerprint density at radius 2 is 1.90 bits per heavy atom. The Morgan fingerprint density at radius 3 is 2.45 bits per heavy atom. The van der Waals surface area contributed by atoms with Gasteiger partial charge in [-0.15, -0.1) is 0 Å². The quantitative estimate of drug-likeness (QED) is 0.861. The van der Waals surface area contributed by atoms with Crippen molar-refractivity contribution in [2.45, 2.75) is 71.4 Å². The van der Waals surface area contributed by atoms with Gasteiger partial charge in [0.25, 0.3) is 0 Å². The minimum Gasteiger partial charge on any atom is -0.487 e. The molecule has 0 bridgehead atoms. The van der Waals surface area contributed by atoms with Crippen molar-refractivity contribution in [3.63, 3.8) is 0 Å². The van der Waals surface area contributed by atoms with Crippen LogP contribution in [0, 0.1) is 13.8 Å². The van der Waals surface area contributed by atoms with Crippen molar-refractivity contribution in [1.82, 2.24) is 5.32 Å². The lowest BCUT2D eigenvalue weighted by atomic mass is 9.77. The lowest BCUT2D eigenvalue weighted by Crippen LogP contribution is -2.47. The van der Waals surface area contributed by atoms with Crippen LogP contribution >= 0.6 is 0 Å². The monoisotopic (exact) mass is 275 g/mol. The first-order chi connectivity index (χ1) is 9.30. The van der Waals surface area contributed by atoms with E-state index in [-0.39, 0.29) is 11.1 Å². The van der Waals surface area contributed by atoms with Crippen molar-refractivity contribution in [1.29, 1.82) is 0 Å². The molecule has 2 heteroatoms. The van der Waals surface area contributed by atoms with Crippen molar-refractivity contribution in [2.75, 3.05) is 6.54 Å². The van der Waals surface area contributed by atoms with Gasteiger partial charge in [-0.05, 0) is 84.0 Å². The van der Waals surface area contributed by atoms with Gasteiger partial charge in [-0.25, -0.2) is 0 Å². The molecule has 0 saturated heterocycles. The predicted molar refractivity (Wildman–Crippen MR) is 85.5 cm³/mol. The van der Waals surface area contributed by atoms with Crippen LogP contribution < -0.4 is 10.1 Å². The highest BCUT2D eigenvalue weighted by Crippen LogP contribution is 2.40. The molecular weight excluding hydrogens is 246 g/mol. The highest BCUT2D eigenvalue weighted by Gasteiger charge is 2.39. The molecule has 2 nitrogen and oxygen atoms in total. The van der Waals surface area contributed by atoms with E-state index in [0.717, 1.165) is 18.7 Å². The molecule has 1 aliphatic carbocycles. The largest absolute Gasteiger partial charge is 0.487 e. The highest BCUT2D eigenvalue weighted by atomic mass is 16.5. The van der Waals surface area contributed by atoms with E-state index in [1.165, 1.54) is 30.4 Å². The molecule has 1 saturated carbocycles. The van der Waals surface area contributed by atoms with Gasteiger partial charge in [0, 0.05) is 5.54 Å². The smallest absolute Gasteiger partial charge is 0.123 e. The second kappa shape index (κ2) is 5.77. The van der Waals surface area contributed by atoms with Crippen molar-refractivity contribution >= 4 is 0 Å². The number of nitrogens with one attached hydrogen (secondary N) is 1. The zero-order chi connectivity index (χ0) is 14.8. The predicted octanol–water partition coefficient (Wildman–Crippen LogP) is 4.38. The summed E-state index contributed by atoms with van der Waals surface area (Å²) in [6, 6.07) is 6.48. The molecule has 0 atom stereocenters. The van der Waals surface area contributed by atoms with Crippen LogP contribution in [0.25, 0.3) is 0 Å². The Morgan fingerprint density at radius 1 is 1.20 bits per heavy atom. The van der Waals surface area contributed by atoms with Crippen molar-refractivity contribution in [3.8, 4) is 5.75 Å². The Balaban J connectivity index is 1.99. The van der Waals surface area contributed by atoms with Crippen molar-refractivity contribution < 1.29 is 4.74 Å². The van der Waals surface area contributed by atoms with Gasteiger partial charge in [0.15, 0.2) is 0 Å². The van der Waals surface area contributed by atoms with E-state index < -0.39 is 0 Å². The molecule has 0 aliphatic heterocycles. The number of hydrogen-bond donors (Lipinski definition) is 1. The van der Waals surface area contributed by atoms with Crippen LogP contribution in [0.3, 0.4) is 0 Å². The van der Waals surface area contributed by atoms with Crippen LogP contribution in [0.4, 0.5) is 0 Å². The Bertz CT molecular complexity index is 455. The lowest BCUT2D eigenvalue weighted by Gasteiger charge is -2.43. The zero-order valence-electron chi connectivity index (χ0n) is 13.7. The van der Waals surface area contributed by atoms with E-state index in [9.17, 15) is 0 Å². The van der Waals surface area contributed by atoms with Gasteiger partial charge in [-0.3, -0.25) is 0 Å². The van der Waals surface area contributed by atoms with E-state index in [0.29, 0.717) is 0 Å². The maximum Gasteiger partial charge on any atom is 0.123 e. The average Bonchev–Trinajstić information content (AvgIpc) is 2.28. The lowest BCUT2D eigenvalue weighted by molar-refractivity contribution is -0.0158. The number of benzene rings is 1. The summed E-state index contributed by atoms with van der Waals surface area (Å²) >= 11 is 0. The summed E-state index contributed by atoms with van der Waals surface area (Å²) in [5.41, 5.74) is 2.76. The standard InChI is InChI=1S/C18H29NO/c1-14-7-8-15(2)16(13-14)20-18(9-6-10-18)11-12-19-17(3,4)5/h7-8,13,19H,6,9-12H2,1-5H3. The minimum absolute atomic E-state index is 0.0663. The van der Waals surface area contributed by atoms with Crippen molar-refractivity contribution in [2.24, 2.45) is 0 Å². The third-order valence-electron chi connectivity index (χ3n) is 4.17. The molecule has 112 valence electrons. The maximum atomic E-state index is 6.42. The van der Waals surface area contributed by atoms with E-state index in [2.05, 4.69) is 58.1 Å². The second-order valence-electron chi connectivity index (χ2n) is 7.33. The number of aryl methyl sites for hydroxylation is 2. The van der Waals surface area contributed by atoms with Gasteiger partial charge in [0.1, 0.15) is 11.4 Å². The molecule has 0 spiro atoms. The first-order valence-corrected chi connectivity index (χ1v) is 7.81. The minimum atomic E-state index is 0.0663. The summed E-state index contributed by atoms with van der Waals surface area (Å²) in [5.74, 6) is 1.07. The fraction of sp³-hybridized carbons (Fsp3) is 0.667. The summed E-state index contributed by atoms with van der Waals surface area (Å²) in [6.45, 7) is 11.9. The molecule has 1 aromatic carbocycles. The van der Waals surface area contributed by atoms with Gasteiger partial charge >= 0.3 is 0 Å². The van der Waals surface area contributed by atoms with Crippen LogP contribution in [0.2, 0.25) is 0 Å². The molecule has 2 rings (SSSR count). The van der Waals surface area contributed by atoms with Crippen molar-refractivity contribution in [3.05, 3.63) is 29.3 Å². The molecule has 0 aromatic heterocycles. The fourth-order valence-electron chi connectivity index (χ4n) is 2.69. The van der Waals surface area contributed by atoms with Crippen LogP contribution in [0.5, 0.6) is 5.75 Å². The van der Waals surface area contributed by atoms with E-state index in [1.807, 2.05) is 0 Å². The van der Waals surface area contributed by atoms with Gasteiger partial charge in [0.05, 0.1) is 0 Å². The molecule has 1 fully saturated rings. The van der Waals surface area contributed by atoms with Crippen LogP contribution in [-0.2, 0) is 0 Å². The molecule has 1 aliphatic rings. The highest BCUT2D eigenvalue weighted by molar-refractivity contribution is 5.36. The third-order valence-corrected chi connectivity index (χ3v) is 4.17. The molecular formula is C18H29NO. The van der Waals surface area contributed by atoms with E-state index in [4.69, 9.17) is 4.74 Å². The SMILES string of the molecule is Cc1ccc(C)c(OC2(CCNC(C)(C)C)CCC2)c1. The molecule has 1 aromatic rings. The third kappa shape index (κ3) is 3.99. The van der Waals surface area contributed by atoms with Gasteiger partial charge in [-0.1, -0.05) is 12.1 Å². The molecule has 1 N–H and O–H groups in total. The second-order valence-corrected chi connectivity index (χ2v) is 7.33. The van der Waals surface area contributed by atoms with Crippen LogP contribution in [0.15, 0.2) is 18.2 Å². The van der Waals surface area contributed by atoms with E-state index >= 15 is 0 Å². The summed E-state index contributed by atoms with van der Waals surface area (Å²) in [6.07, 6.45) is 4.76. The molecule has 0 unspecified atom stereocenters. The normalized spacial score (nSPS) is 17.6. The molecule has 20 heavy (non-hydrogen) atoms. The zero-order valence-corrected chi connectivity index (χ0v) is 13.7. The first kappa shape index (κ1) is 15.4.